The van der Waals surface area contributed by atoms with Gasteiger partial charge in [-0.1, -0.05) is 6.42 Å². The second-order valence-corrected chi connectivity index (χ2v) is 5.95. The number of ether oxygens (including phenoxy) is 1. The van der Waals surface area contributed by atoms with Crippen molar-refractivity contribution < 1.29 is 9.53 Å². The number of nitrogens with two attached hydrogens (primary N) is 1. The van der Waals surface area contributed by atoms with Crippen LogP contribution in [0.4, 0.5) is 5.69 Å². The fourth-order valence-electron chi connectivity index (χ4n) is 2.10. The molecule has 1 fully saturated rings. The molecular formula is C13H19BrN4O3. The van der Waals surface area contributed by atoms with Gasteiger partial charge >= 0.3 is 0 Å². The molecule has 1 aromatic rings. The molecule has 3 N–H and O–H groups in total. The Labute approximate surface area is 131 Å². The number of carbonyl (C=O) groups is 1. The fourth-order valence-corrected chi connectivity index (χ4v) is 2.50. The Kier molecular flexibility index (Phi) is 5.75. The highest BCUT2D eigenvalue weighted by molar-refractivity contribution is 9.10. The number of primary amides is 1. The maximum atomic E-state index is 12.3. The van der Waals surface area contributed by atoms with E-state index in [2.05, 4.69) is 26.3 Å². The highest BCUT2D eigenvalue weighted by Gasteiger charge is 2.20. The van der Waals surface area contributed by atoms with Crippen molar-refractivity contribution in [1.29, 1.82) is 0 Å². The van der Waals surface area contributed by atoms with Crippen LogP contribution in [-0.2, 0) is 16.1 Å². The van der Waals surface area contributed by atoms with Gasteiger partial charge in [-0.2, -0.15) is 5.10 Å². The summed E-state index contributed by atoms with van der Waals surface area (Å²) in [6.07, 6.45) is 5.17. The first-order valence-corrected chi connectivity index (χ1v) is 7.72. The van der Waals surface area contributed by atoms with E-state index in [1.54, 1.807) is 6.20 Å². The maximum absolute atomic E-state index is 12.3. The van der Waals surface area contributed by atoms with Gasteiger partial charge in [0, 0.05) is 13.1 Å². The van der Waals surface area contributed by atoms with Gasteiger partial charge in [0.25, 0.3) is 5.56 Å². The number of hydrogen-bond acceptors (Lipinski definition) is 5. The van der Waals surface area contributed by atoms with E-state index in [0.717, 1.165) is 12.8 Å². The third-order valence-electron chi connectivity index (χ3n) is 3.45. The van der Waals surface area contributed by atoms with Crippen LogP contribution < -0.4 is 16.6 Å². The molecule has 0 aliphatic heterocycles. The Morgan fingerprint density at radius 2 is 2.33 bits per heavy atom. The lowest BCUT2D eigenvalue weighted by Gasteiger charge is -2.25. The topological polar surface area (TPSA) is 99.2 Å². The van der Waals surface area contributed by atoms with Gasteiger partial charge in [0.2, 0.25) is 5.91 Å². The predicted molar refractivity (Wildman–Crippen MR) is 82.0 cm³/mol. The Balaban J connectivity index is 1.92. The van der Waals surface area contributed by atoms with Crippen molar-refractivity contribution in [2.24, 2.45) is 11.7 Å². The van der Waals surface area contributed by atoms with Crippen molar-refractivity contribution in [2.45, 2.75) is 25.8 Å². The summed E-state index contributed by atoms with van der Waals surface area (Å²) >= 11 is 3.32. The zero-order valence-corrected chi connectivity index (χ0v) is 13.3. The number of carbonyl (C=O) groups excluding carboxylic acids is 1. The van der Waals surface area contributed by atoms with E-state index < -0.39 is 5.91 Å². The van der Waals surface area contributed by atoms with Crippen LogP contribution in [0.25, 0.3) is 0 Å². The SMILES string of the molecule is NC(=O)COCCNc1c(Br)cnn(CC2CCC2)c1=O. The van der Waals surface area contributed by atoms with E-state index >= 15 is 0 Å². The Morgan fingerprint density at radius 3 is 2.95 bits per heavy atom. The molecule has 0 spiro atoms. The van der Waals surface area contributed by atoms with Gasteiger partial charge in [0.15, 0.2) is 0 Å². The summed E-state index contributed by atoms with van der Waals surface area (Å²) in [5.41, 5.74) is 5.28. The monoisotopic (exact) mass is 358 g/mol. The van der Waals surface area contributed by atoms with E-state index in [1.807, 2.05) is 0 Å². The van der Waals surface area contributed by atoms with Crippen molar-refractivity contribution in [3.63, 3.8) is 0 Å². The molecule has 0 aromatic carbocycles. The summed E-state index contributed by atoms with van der Waals surface area (Å²) in [6, 6.07) is 0. The molecule has 21 heavy (non-hydrogen) atoms. The van der Waals surface area contributed by atoms with Gasteiger partial charge in [0.05, 0.1) is 17.3 Å². The minimum Gasteiger partial charge on any atom is -0.377 e. The van der Waals surface area contributed by atoms with Gasteiger partial charge in [0.1, 0.15) is 12.3 Å². The smallest absolute Gasteiger partial charge is 0.291 e. The van der Waals surface area contributed by atoms with Crippen LogP contribution in [0.2, 0.25) is 0 Å². The molecule has 1 aromatic heterocycles. The molecule has 0 saturated heterocycles. The average Bonchev–Trinajstić information content (AvgIpc) is 2.38. The standard InChI is InChI=1S/C13H19BrN4O3/c14-10-6-17-18(7-9-2-1-3-9)13(20)12(10)16-4-5-21-8-11(15)19/h6,9,16H,1-5,7-8H2,(H2,15,19). The Hall–Kier alpha value is -1.41. The molecule has 1 saturated carbocycles. The number of nitrogens with zero attached hydrogens (tertiary/aromatic N) is 2. The molecule has 0 bridgehead atoms. The molecule has 7 nitrogen and oxygen atoms in total. The van der Waals surface area contributed by atoms with Crippen LogP contribution in [0.15, 0.2) is 15.5 Å². The first-order valence-electron chi connectivity index (χ1n) is 6.93. The molecule has 0 radical (unpaired) electrons. The summed E-state index contributed by atoms with van der Waals surface area (Å²) in [7, 11) is 0. The fraction of sp³-hybridized carbons (Fsp3) is 0.615. The Bertz CT molecular complexity index is 557. The van der Waals surface area contributed by atoms with Gasteiger partial charge in [-0.05, 0) is 34.7 Å². The highest BCUT2D eigenvalue weighted by Crippen LogP contribution is 2.27. The average molecular weight is 359 g/mol. The van der Waals surface area contributed by atoms with Crippen molar-refractivity contribution in [3.05, 3.63) is 21.0 Å². The normalized spacial score (nSPS) is 14.7. The number of nitrogens with one attached hydrogen (secondary N) is 1. The largest absolute Gasteiger partial charge is 0.377 e. The van der Waals surface area contributed by atoms with E-state index in [-0.39, 0.29) is 12.2 Å². The van der Waals surface area contributed by atoms with E-state index in [0.29, 0.717) is 35.8 Å². The van der Waals surface area contributed by atoms with Gasteiger partial charge in [-0.25, -0.2) is 4.68 Å². The summed E-state index contributed by atoms with van der Waals surface area (Å²) in [4.78, 5) is 22.9. The molecule has 116 valence electrons. The molecule has 0 atom stereocenters. The summed E-state index contributed by atoms with van der Waals surface area (Å²) in [6.45, 7) is 1.25. The van der Waals surface area contributed by atoms with Gasteiger partial charge in [-0.3, -0.25) is 9.59 Å². The van der Waals surface area contributed by atoms with Crippen LogP contribution >= 0.6 is 15.9 Å². The van der Waals surface area contributed by atoms with Crippen molar-refractivity contribution in [1.82, 2.24) is 9.78 Å². The second kappa shape index (κ2) is 7.56. The van der Waals surface area contributed by atoms with E-state index in [1.165, 1.54) is 11.1 Å². The number of amides is 1. The predicted octanol–water partition coefficient (Wildman–Crippen LogP) is 0.720. The van der Waals surface area contributed by atoms with Gasteiger partial charge < -0.3 is 15.8 Å². The quantitative estimate of drug-likeness (QED) is 0.667. The molecule has 8 heteroatoms. The first-order chi connectivity index (χ1) is 10.1. The lowest BCUT2D eigenvalue weighted by atomic mass is 9.85. The number of halogens is 1. The van der Waals surface area contributed by atoms with Crippen molar-refractivity contribution in [3.8, 4) is 0 Å². The van der Waals surface area contributed by atoms with Crippen LogP contribution in [0.5, 0.6) is 0 Å². The van der Waals surface area contributed by atoms with Gasteiger partial charge in [-0.15, -0.1) is 0 Å². The minimum atomic E-state index is -0.511. The van der Waals surface area contributed by atoms with Crippen molar-refractivity contribution >= 4 is 27.5 Å². The number of aromatic nitrogens is 2. The summed E-state index contributed by atoms with van der Waals surface area (Å²) in [5.74, 6) is 0.0473. The van der Waals surface area contributed by atoms with Crippen molar-refractivity contribution in [2.75, 3.05) is 25.1 Å². The zero-order valence-electron chi connectivity index (χ0n) is 11.7. The molecule has 1 aliphatic rings. The molecule has 1 aliphatic carbocycles. The Morgan fingerprint density at radius 1 is 1.57 bits per heavy atom. The third kappa shape index (κ3) is 4.53. The lowest BCUT2D eigenvalue weighted by Crippen LogP contribution is -2.31. The molecule has 2 rings (SSSR count). The molecule has 1 heterocycles. The first kappa shape index (κ1) is 16.0. The van der Waals surface area contributed by atoms with Crippen LogP contribution in [0.1, 0.15) is 19.3 Å². The minimum absolute atomic E-state index is 0.120. The summed E-state index contributed by atoms with van der Waals surface area (Å²) in [5, 5.41) is 7.16. The van der Waals surface area contributed by atoms with E-state index in [4.69, 9.17) is 10.5 Å². The van der Waals surface area contributed by atoms with Crippen LogP contribution in [0.3, 0.4) is 0 Å². The second-order valence-electron chi connectivity index (χ2n) is 5.10. The third-order valence-corrected chi connectivity index (χ3v) is 4.05. The number of rotatable bonds is 8. The molecular weight excluding hydrogens is 340 g/mol. The molecule has 1 amide bonds. The highest BCUT2D eigenvalue weighted by atomic mass is 79.9. The maximum Gasteiger partial charge on any atom is 0.291 e. The zero-order chi connectivity index (χ0) is 15.2. The van der Waals surface area contributed by atoms with Crippen LogP contribution in [-0.4, -0.2) is 35.4 Å². The number of hydrogen-bond donors (Lipinski definition) is 2. The molecule has 0 unspecified atom stereocenters. The number of anilines is 1. The van der Waals surface area contributed by atoms with Crippen LogP contribution in [0, 0.1) is 5.92 Å². The summed E-state index contributed by atoms with van der Waals surface area (Å²) < 4.78 is 7.16. The van der Waals surface area contributed by atoms with E-state index in [9.17, 15) is 9.59 Å². The lowest BCUT2D eigenvalue weighted by molar-refractivity contribution is -0.122.